The lowest BCUT2D eigenvalue weighted by molar-refractivity contribution is -0.155. The standard InChI is InChI=1S/C102H127F3N14O17S/c1-9-10-30-83-101(135)119-46-23-33-84(119)102(136)117-44-21-19-31-81(117)88(123)56-71(61(4)5)97(131)115(7)85(53-62-24-13-11-14-25-62)96(130)112-79(51-65-36-40-69(121)41-37-65)99(133)118-45-22-20-32-82(118)95(129)111-77(55-67-57-107-74-29-18-17-28-70(67)74)94(128)110-76(50-64-34-38-68(120)39-35-64)93(127)109-75(47-60(2)3)92(126)113-80(87(122)42-43-89(106)124)58-137-59-90(125)108-78(52-66-48-72(103)91(105)73(104)49-66)98(132)116(8)86(100(134)114(83)6)54-63-26-15-12-16-27-63/h11-18,24-29,34-41,48-49,57,60-61,71,75-86,107,120-121H,9-10,19-23,30-33,42-47,50-56,58-59H2,1-8H3,(H2,106,124)(H,108,125)(H,109,127)(H,110,128)(H,111,129)(H,112,130)(H,113,126)/t71-,75-,76-,77-,78-,79-,80-,81-,82+,83-,84+,85-,86-/m0/s1. The Hall–Kier alpha value is -13.0. The summed E-state index contributed by atoms with van der Waals surface area (Å²) in [5.41, 5.74) is 8.43. The summed E-state index contributed by atoms with van der Waals surface area (Å²) in [4.78, 5) is 240. The van der Waals surface area contributed by atoms with Crippen LogP contribution in [0.3, 0.4) is 0 Å². The SMILES string of the molecule is CCCC[C@H]1C(=O)N2CCC[C@@H]2C(=O)N2CCCC[C@H]2C(=O)C[C@@H](C(C)C)C(=O)N(C)[C@@H](Cc2ccccc2)C(=O)N[C@@H](Cc2ccc(O)cc2)C(=O)N2CCCC[C@@H]2C(=O)N[C@@H](Cc2c[nH]c3ccccc23)C(=O)N[C@@H](Cc2ccc(O)cc2)C(=O)N[C@@H](CC(C)C)C(=O)N[C@H](C(=O)CCC(N)=O)CSCC(=O)N[C@@H](Cc2cc(F)c(F)c(F)c2)C(=O)N(C)[C@@H](Cc2ccccc2)C(=O)N1C. The second-order valence-electron chi connectivity index (χ2n) is 37.1. The lowest BCUT2D eigenvalue weighted by atomic mass is 9.85. The zero-order valence-electron chi connectivity index (χ0n) is 78.8. The van der Waals surface area contributed by atoms with Crippen LogP contribution in [0.5, 0.6) is 11.5 Å². The average Bonchev–Trinajstić information content (AvgIpc) is 0.831. The van der Waals surface area contributed by atoms with Crippen molar-refractivity contribution < 1.29 is 95.3 Å². The van der Waals surface area contributed by atoms with Crippen molar-refractivity contribution in [3.05, 3.63) is 203 Å². The van der Waals surface area contributed by atoms with Crippen molar-refractivity contribution in [1.29, 1.82) is 0 Å². The molecule has 13 atom stereocenters. The summed E-state index contributed by atoms with van der Waals surface area (Å²) in [6.07, 6.45) is 1.87. The van der Waals surface area contributed by atoms with E-state index in [1.165, 1.54) is 82.0 Å². The van der Waals surface area contributed by atoms with Gasteiger partial charge in [0, 0.05) is 127 Å². The molecule has 6 aromatic carbocycles. The Morgan fingerprint density at radius 1 is 0.467 bits per heavy atom. The molecular weight excluding hydrogens is 1780 g/mol. The van der Waals surface area contributed by atoms with E-state index in [2.05, 4.69) is 36.9 Å². The number of para-hydroxylation sites is 1. The monoisotopic (exact) mass is 1910 g/mol. The molecule has 11 N–H and O–H groups in total. The number of aromatic amines is 1. The summed E-state index contributed by atoms with van der Waals surface area (Å²) in [5.74, 6) is -20.2. The molecule has 0 radical (unpaired) electrons. The first-order chi connectivity index (χ1) is 65.5. The molecule has 4 saturated heterocycles. The number of benzene rings is 6. The third kappa shape index (κ3) is 27.9. The summed E-state index contributed by atoms with van der Waals surface area (Å²) in [5, 5.41) is 38.5. The number of hydrogen-bond donors (Lipinski definition) is 10. The number of ketones is 2. The fraction of sp³-hybridized carbons (Fsp3) is 0.480. The number of nitrogens with two attached hydrogens (primary N) is 1. The first-order valence-electron chi connectivity index (χ1n) is 47.2. The van der Waals surface area contributed by atoms with E-state index in [1.54, 1.807) is 131 Å². The number of H-pyrrole nitrogens is 1. The van der Waals surface area contributed by atoms with Crippen molar-refractivity contribution in [3.63, 3.8) is 0 Å². The number of piperidine rings is 2. The number of aromatic hydroxyl groups is 2. The molecule has 1 aromatic heterocycles. The molecule has 31 nitrogen and oxygen atoms in total. The number of unbranched alkanes of at least 4 members (excludes halogenated alkanes) is 1. The number of Topliss-reactive ketones (excluding diaryl/α,β-unsaturated/α-hetero) is 2. The second-order valence-corrected chi connectivity index (χ2v) is 38.1. The number of halogens is 3. The van der Waals surface area contributed by atoms with Crippen LogP contribution in [-0.2, 0) is 110 Å². The van der Waals surface area contributed by atoms with Crippen LogP contribution in [0.1, 0.15) is 164 Å². The molecule has 0 unspecified atom stereocenters. The van der Waals surface area contributed by atoms with Crippen molar-refractivity contribution in [3.8, 4) is 11.5 Å². The first-order valence-corrected chi connectivity index (χ1v) is 48.4. The van der Waals surface area contributed by atoms with Crippen LogP contribution in [0.2, 0.25) is 0 Å². The minimum absolute atomic E-state index is 0.0263. The van der Waals surface area contributed by atoms with Gasteiger partial charge in [-0.2, -0.15) is 0 Å². The van der Waals surface area contributed by atoms with Gasteiger partial charge in [-0.05, 0) is 152 Å². The summed E-state index contributed by atoms with van der Waals surface area (Å²) < 4.78 is 45.3. The van der Waals surface area contributed by atoms with Crippen molar-refractivity contribution in [2.75, 3.05) is 52.3 Å². The molecule has 0 spiro atoms. The summed E-state index contributed by atoms with van der Waals surface area (Å²) >= 11 is 0.749. The largest absolute Gasteiger partial charge is 0.508 e. The number of hydrogen-bond acceptors (Lipinski definition) is 18. The number of thioether (sulfide) groups is 1. The van der Waals surface area contributed by atoms with Crippen LogP contribution in [0, 0.1) is 35.2 Å². The quantitative estimate of drug-likeness (QED) is 0.0288. The van der Waals surface area contributed by atoms with E-state index in [0.717, 1.165) is 16.7 Å². The van der Waals surface area contributed by atoms with Gasteiger partial charge in [-0.3, -0.25) is 71.9 Å². The number of carbonyl (C=O) groups excluding carboxylic acids is 15. The van der Waals surface area contributed by atoms with Gasteiger partial charge in [0.1, 0.15) is 71.9 Å². The number of rotatable bonds is 22. The van der Waals surface area contributed by atoms with Crippen LogP contribution in [0.25, 0.3) is 10.9 Å². The number of phenolic OH excluding ortho intramolecular Hbond substituents is 2. The molecule has 35 heteroatoms. The molecule has 5 heterocycles. The normalized spacial score (nSPS) is 24.0. The van der Waals surface area contributed by atoms with Crippen molar-refractivity contribution in [1.82, 2.24) is 66.3 Å². The van der Waals surface area contributed by atoms with E-state index >= 15 is 66.3 Å². The smallest absolute Gasteiger partial charge is 0.246 e. The van der Waals surface area contributed by atoms with E-state index in [9.17, 15) is 29.0 Å². The lowest BCUT2D eigenvalue weighted by Gasteiger charge is -2.40. The number of nitrogens with zero attached hydrogens (tertiary/aromatic N) is 6. The minimum Gasteiger partial charge on any atom is -0.508 e. The van der Waals surface area contributed by atoms with Crippen LogP contribution >= 0.6 is 11.8 Å². The zero-order chi connectivity index (χ0) is 99.0. The Bertz CT molecular complexity index is 5440. The third-order valence-corrected chi connectivity index (χ3v) is 27.4. The van der Waals surface area contributed by atoms with Crippen LogP contribution in [0.4, 0.5) is 13.2 Å². The molecule has 4 aliphatic heterocycles. The molecule has 734 valence electrons. The molecule has 13 amide bonds. The van der Waals surface area contributed by atoms with Crippen molar-refractivity contribution in [2.24, 2.45) is 23.5 Å². The maximum atomic E-state index is 16.0. The maximum absolute atomic E-state index is 16.0. The summed E-state index contributed by atoms with van der Waals surface area (Å²) in [6, 6.07) is 20.1. The fourth-order valence-electron chi connectivity index (χ4n) is 18.6. The number of primary amides is 1. The molecule has 7 aromatic rings. The van der Waals surface area contributed by atoms with Crippen LogP contribution < -0.4 is 37.6 Å². The summed E-state index contributed by atoms with van der Waals surface area (Å²) in [6.45, 7) is 9.03. The number of phenols is 2. The van der Waals surface area contributed by atoms with E-state index < -0.39 is 227 Å². The van der Waals surface area contributed by atoms with Gasteiger partial charge < -0.3 is 82.2 Å². The van der Waals surface area contributed by atoms with E-state index in [4.69, 9.17) is 5.73 Å². The molecule has 0 bridgehead atoms. The van der Waals surface area contributed by atoms with Crippen LogP contribution in [-0.4, -0.2) is 258 Å². The predicted molar refractivity (Wildman–Crippen MR) is 508 cm³/mol. The van der Waals surface area contributed by atoms with Gasteiger partial charge in [-0.15, -0.1) is 11.8 Å². The predicted octanol–water partition coefficient (Wildman–Crippen LogP) is 7.94. The number of likely N-dealkylation sites (N-methyl/N-ethyl adjacent to an activating group) is 3. The molecule has 4 aliphatic rings. The topological polar surface area (TPSA) is 430 Å². The van der Waals surface area contributed by atoms with E-state index in [0.29, 0.717) is 95.8 Å². The zero-order valence-corrected chi connectivity index (χ0v) is 79.6. The second kappa shape index (κ2) is 49.2. The maximum Gasteiger partial charge on any atom is 0.246 e. The Labute approximate surface area is 800 Å². The number of aromatic nitrogens is 1. The van der Waals surface area contributed by atoms with Gasteiger partial charge in [0.25, 0.3) is 0 Å². The van der Waals surface area contributed by atoms with Gasteiger partial charge in [-0.1, -0.05) is 151 Å². The van der Waals surface area contributed by atoms with Gasteiger partial charge >= 0.3 is 0 Å². The number of amides is 13. The highest BCUT2D eigenvalue weighted by molar-refractivity contribution is 8.00. The fourth-order valence-corrected chi connectivity index (χ4v) is 19.5. The number of nitrogens with one attached hydrogen (secondary N) is 7. The molecule has 11 rings (SSSR count). The minimum atomic E-state index is -1.83. The first kappa shape index (κ1) is 105. The molecule has 137 heavy (non-hydrogen) atoms. The average molecular weight is 1910 g/mol. The third-order valence-electron chi connectivity index (χ3n) is 26.3. The highest BCUT2D eigenvalue weighted by Gasteiger charge is 2.48. The van der Waals surface area contributed by atoms with Crippen molar-refractivity contribution >= 4 is 111 Å². The van der Waals surface area contributed by atoms with Gasteiger partial charge in [0.15, 0.2) is 29.0 Å². The highest BCUT2D eigenvalue weighted by atomic mass is 32.2. The molecule has 0 aliphatic carbocycles. The highest BCUT2D eigenvalue weighted by Crippen LogP contribution is 2.33. The van der Waals surface area contributed by atoms with Gasteiger partial charge in [-0.25, -0.2) is 13.2 Å². The van der Waals surface area contributed by atoms with Gasteiger partial charge in [0.2, 0.25) is 76.8 Å². The number of fused-ring (bicyclic) bond motifs is 4. The Morgan fingerprint density at radius 2 is 0.956 bits per heavy atom. The molecule has 0 saturated carbocycles. The summed E-state index contributed by atoms with van der Waals surface area (Å²) in [7, 11) is 4.10. The van der Waals surface area contributed by atoms with E-state index in [1.807, 2.05) is 6.92 Å². The molecular formula is C102H127F3N14O17S. The van der Waals surface area contributed by atoms with Gasteiger partial charge in [0.05, 0.1) is 17.8 Å². The lowest BCUT2D eigenvalue weighted by Crippen LogP contribution is -2.62. The van der Waals surface area contributed by atoms with E-state index in [-0.39, 0.29) is 107 Å². The molecule has 4 fully saturated rings. The Kier molecular flexibility index (Phi) is 37.5. The van der Waals surface area contributed by atoms with Crippen molar-refractivity contribution in [2.45, 2.75) is 242 Å². The van der Waals surface area contributed by atoms with Crippen LogP contribution in [0.15, 0.2) is 152 Å². The Balaban J connectivity index is 0.991. The Morgan fingerprint density at radius 3 is 1.55 bits per heavy atom. The number of carbonyl (C=O) groups is 15.